The Kier molecular flexibility index (Phi) is 2.73. The fourth-order valence-corrected chi connectivity index (χ4v) is 1.94. The number of hydrogen-bond donors (Lipinski definition) is 0. The SMILES string of the molecule is C#CCN1CCCc2ccccc2C1=O. The fraction of sp³-hybridized carbons (Fsp3) is 0.308. The summed E-state index contributed by atoms with van der Waals surface area (Å²) in [6, 6.07) is 7.78. The molecule has 2 nitrogen and oxygen atoms in total. The molecule has 0 saturated carbocycles. The van der Waals surface area contributed by atoms with E-state index in [2.05, 4.69) is 5.92 Å². The summed E-state index contributed by atoms with van der Waals surface area (Å²) < 4.78 is 0. The maximum atomic E-state index is 12.1. The molecule has 0 radical (unpaired) electrons. The van der Waals surface area contributed by atoms with Crippen LogP contribution in [-0.2, 0) is 6.42 Å². The molecule has 0 fully saturated rings. The molecule has 1 heterocycles. The Labute approximate surface area is 89.9 Å². The molecule has 0 atom stereocenters. The molecule has 0 bridgehead atoms. The second-order valence-corrected chi connectivity index (χ2v) is 3.69. The van der Waals surface area contributed by atoms with Gasteiger partial charge in [0.25, 0.3) is 5.91 Å². The number of nitrogens with zero attached hydrogens (tertiary/aromatic N) is 1. The van der Waals surface area contributed by atoms with Gasteiger partial charge in [-0.05, 0) is 24.5 Å². The van der Waals surface area contributed by atoms with Gasteiger partial charge in [-0.1, -0.05) is 24.1 Å². The van der Waals surface area contributed by atoms with E-state index >= 15 is 0 Å². The van der Waals surface area contributed by atoms with Gasteiger partial charge in [-0.3, -0.25) is 4.79 Å². The van der Waals surface area contributed by atoms with Crippen molar-refractivity contribution in [1.29, 1.82) is 0 Å². The topological polar surface area (TPSA) is 20.3 Å². The van der Waals surface area contributed by atoms with Gasteiger partial charge >= 0.3 is 0 Å². The van der Waals surface area contributed by atoms with Crippen LogP contribution < -0.4 is 0 Å². The highest BCUT2D eigenvalue weighted by Gasteiger charge is 2.20. The summed E-state index contributed by atoms with van der Waals surface area (Å²) in [7, 11) is 0. The third-order valence-electron chi connectivity index (χ3n) is 2.69. The molecular weight excluding hydrogens is 186 g/mol. The van der Waals surface area contributed by atoms with Crippen LogP contribution in [0, 0.1) is 12.3 Å². The van der Waals surface area contributed by atoms with E-state index in [-0.39, 0.29) is 5.91 Å². The van der Waals surface area contributed by atoms with Crippen LogP contribution in [0.15, 0.2) is 24.3 Å². The van der Waals surface area contributed by atoms with Gasteiger partial charge in [0.2, 0.25) is 0 Å². The van der Waals surface area contributed by atoms with Crippen LogP contribution in [0.1, 0.15) is 22.3 Å². The van der Waals surface area contributed by atoms with Gasteiger partial charge in [0.05, 0.1) is 6.54 Å². The zero-order valence-electron chi connectivity index (χ0n) is 8.57. The first kappa shape index (κ1) is 9.79. The molecule has 1 aliphatic heterocycles. The van der Waals surface area contributed by atoms with Gasteiger partial charge in [-0.15, -0.1) is 6.42 Å². The molecule has 1 amide bonds. The van der Waals surface area contributed by atoms with Gasteiger partial charge in [-0.2, -0.15) is 0 Å². The molecule has 0 spiro atoms. The zero-order valence-corrected chi connectivity index (χ0v) is 8.57. The summed E-state index contributed by atoms with van der Waals surface area (Å²) in [5.74, 6) is 2.60. The predicted molar refractivity (Wildman–Crippen MR) is 59.5 cm³/mol. The van der Waals surface area contributed by atoms with Crippen molar-refractivity contribution in [3.8, 4) is 12.3 Å². The van der Waals surface area contributed by atoms with E-state index < -0.39 is 0 Å². The van der Waals surface area contributed by atoms with Crippen molar-refractivity contribution in [1.82, 2.24) is 4.90 Å². The van der Waals surface area contributed by atoms with E-state index in [4.69, 9.17) is 6.42 Å². The Morgan fingerprint density at radius 1 is 1.40 bits per heavy atom. The second-order valence-electron chi connectivity index (χ2n) is 3.69. The molecule has 15 heavy (non-hydrogen) atoms. The molecule has 1 aromatic carbocycles. The molecule has 1 aliphatic rings. The van der Waals surface area contributed by atoms with Crippen molar-refractivity contribution in [3.63, 3.8) is 0 Å². The number of carbonyl (C=O) groups excluding carboxylic acids is 1. The molecule has 0 N–H and O–H groups in total. The van der Waals surface area contributed by atoms with Crippen molar-refractivity contribution < 1.29 is 4.79 Å². The van der Waals surface area contributed by atoms with Crippen LogP contribution in [0.3, 0.4) is 0 Å². The Bertz CT molecular complexity index is 417. The Morgan fingerprint density at radius 3 is 3.00 bits per heavy atom. The summed E-state index contributed by atoms with van der Waals surface area (Å²) in [5, 5.41) is 0. The number of benzene rings is 1. The highest BCUT2D eigenvalue weighted by atomic mass is 16.2. The van der Waals surface area contributed by atoms with Crippen LogP contribution in [0.2, 0.25) is 0 Å². The molecule has 2 rings (SSSR count). The van der Waals surface area contributed by atoms with E-state index in [1.54, 1.807) is 4.90 Å². The standard InChI is InChI=1S/C13H13NO/c1-2-9-14-10-5-7-11-6-3-4-8-12(11)13(14)15/h1,3-4,6,8H,5,7,9-10H2. The Hall–Kier alpha value is -1.75. The molecule has 1 aromatic rings. The number of fused-ring (bicyclic) bond motifs is 1. The average Bonchev–Trinajstić information content (AvgIpc) is 2.41. The lowest BCUT2D eigenvalue weighted by atomic mass is 10.0. The van der Waals surface area contributed by atoms with E-state index in [0.29, 0.717) is 6.54 Å². The van der Waals surface area contributed by atoms with Crippen molar-refractivity contribution in [2.75, 3.05) is 13.1 Å². The minimum Gasteiger partial charge on any atom is -0.327 e. The van der Waals surface area contributed by atoms with Crippen molar-refractivity contribution in [3.05, 3.63) is 35.4 Å². The van der Waals surface area contributed by atoms with Gasteiger partial charge in [0, 0.05) is 12.1 Å². The second kappa shape index (κ2) is 4.18. The first-order valence-corrected chi connectivity index (χ1v) is 5.13. The molecular formula is C13H13NO. The smallest absolute Gasteiger partial charge is 0.254 e. The molecule has 0 saturated heterocycles. The van der Waals surface area contributed by atoms with E-state index in [9.17, 15) is 4.79 Å². The summed E-state index contributed by atoms with van der Waals surface area (Å²) in [4.78, 5) is 13.8. The minimum atomic E-state index is 0.0704. The van der Waals surface area contributed by atoms with Crippen LogP contribution in [0.5, 0.6) is 0 Å². The summed E-state index contributed by atoms with van der Waals surface area (Å²) in [6.45, 7) is 1.17. The highest BCUT2D eigenvalue weighted by molar-refractivity contribution is 5.96. The maximum absolute atomic E-state index is 12.1. The number of rotatable bonds is 1. The van der Waals surface area contributed by atoms with Gasteiger partial charge in [-0.25, -0.2) is 0 Å². The van der Waals surface area contributed by atoms with E-state index in [1.807, 2.05) is 24.3 Å². The van der Waals surface area contributed by atoms with Crippen LogP contribution in [0.4, 0.5) is 0 Å². The maximum Gasteiger partial charge on any atom is 0.254 e. The lowest BCUT2D eigenvalue weighted by Gasteiger charge is -2.17. The Balaban J connectivity index is 2.35. The molecule has 0 aliphatic carbocycles. The van der Waals surface area contributed by atoms with E-state index in [0.717, 1.165) is 30.5 Å². The van der Waals surface area contributed by atoms with Crippen LogP contribution in [-0.4, -0.2) is 23.9 Å². The quantitative estimate of drug-likeness (QED) is 0.630. The van der Waals surface area contributed by atoms with Gasteiger partial charge in [0.15, 0.2) is 0 Å². The van der Waals surface area contributed by atoms with E-state index in [1.165, 1.54) is 0 Å². The Morgan fingerprint density at radius 2 is 2.20 bits per heavy atom. The van der Waals surface area contributed by atoms with Crippen molar-refractivity contribution in [2.45, 2.75) is 12.8 Å². The van der Waals surface area contributed by atoms with Gasteiger partial charge < -0.3 is 4.90 Å². The number of hydrogen-bond acceptors (Lipinski definition) is 1. The first-order valence-electron chi connectivity index (χ1n) is 5.13. The minimum absolute atomic E-state index is 0.0704. The van der Waals surface area contributed by atoms with Crippen LogP contribution in [0.25, 0.3) is 0 Å². The molecule has 0 unspecified atom stereocenters. The zero-order chi connectivity index (χ0) is 10.7. The lowest BCUT2D eigenvalue weighted by Crippen LogP contribution is -2.31. The molecule has 0 aromatic heterocycles. The summed E-state index contributed by atoms with van der Waals surface area (Å²) >= 11 is 0. The lowest BCUT2D eigenvalue weighted by molar-refractivity contribution is 0.0782. The molecule has 2 heteroatoms. The largest absolute Gasteiger partial charge is 0.327 e. The summed E-state index contributed by atoms with van der Waals surface area (Å²) in [6.07, 6.45) is 7.20. The average molecular weight is 199 g/mol. The third kappa shape index (κ3) is 1.87. The highest BCUT2D eigenvalue weighted by Crippen LogP contribution is 2.17. The van der Waals surface area contributed by atoms with Gasteiger partial charge in [0.1, 0.15) is 0 Å². The van der Waals surface area contributed by atoms with Crippen molar-refractivity contribution in [2.24, 2.45) is 0 Å². The number of aryl methyl sites for hydroxylation is 1. The third-order valence-corrected chi connectivity index (χ3v) is 2.69. The van der Waals surface area contributed by atoms with Crippen molar-refractivity contribution >= 4 is 5.91 Å². The first-order chi connectivity index (χ1) is 7.33. The number of amides is 1. The summed E-state index contributed by atoms with van der Waals surface area (Å²) in [5.41, 5.74) is 1.95. The number of carbonyl (C=O) groups is 1. The molecule has 76 valence electrons. The fourth-order valence-electron chi connectivity index (χ4n) is 1.94. The monoisotopic (exact) mass is 199 g/mol. The number of terminal acetylenes is 1. The normalized spacial score (nSPS) is 15.4. The predicted octanol–water partition coefficient (Wildman–Crippen LogP) is 1.71. The van der Waals surface area contributed by atoms with Crippen LogP contribution >= 0.6 is 0 Å².